The average molecular weight is 300 g/mol. The van der Waals surface area contributed by atoms with Gasteiger partial charge in [0.25, 0.3) is 0 Å². The zero-order valence-electron chi connectivity index (χ0n) is 12.6. The molecule has 110 valence electrons. The monoisotopic (exact) mass is 299 g/mol. The number of aliphatic imine (C=N–C) groups is 1. The summed E-state index contributed by atoms with van der Waals surface area (Å²) in [6, 6.07) is 8.11. The van der Waals surface area contributed by atoms with Crippen LogP contribution in [0.25, 0.3) is 0 Å². The molecule has 1 unspecified atom stereocenters. The van der Waals surface area contributed by atoms with Gasteiger partial charge in [-0.3, -0.25) is 4.99 Å². The van der Waals surface area contributed by atoms with Crippen LogP contribution in [-0.4, -0.2) is 12.3 Å². The van der Waals surface area contributed by atoms with Gasteiger partial charge in [-0.2, -0.15) is 0 Å². The fourth-order valence-corrected chi connectivity index (χ4v) is 3.45. The minimum absolute atomic E-state index is 0.650. The molecule has 2 heteroatoms. The Hall–Kier alpha value is -1.34. The first kappa shape index (κ1) is 14.6. The van der Waals surface area contributed by atoms with Crippen LogP contribution in [-0.2, 0) is 6.42 Å². The largest absolute Gasteiger partial charge is 0.289 e. The summed E-state index contributed by atoms with van der Waals surface area (Å²) in [5, 5.41) is 0.800. The van der Waals surface area contributed by atoms with Gasteiger partial charge in [0.05, 0.1) is 0 Å². The van der Waals surface area contributed by atoms with Crippen LogP contribution in [0.5, 0.6) is 0 Å². The molecule has 2 aliphatic rings. The second-order valence-corrected chi connectivity index (χ2v) is 6.35. The smallest absolute Gasteiger partial charge is 0.0451 e. The Morgan fingerprint density at radius 3 is 2.81 bits per heavy atom. The van der Waals surface area contributed by atoms with E-state index < -0.39 is 0 Å². The van der Waals surface area contributed by atoms with Gasteiger partial charge in [0.2, 0.25) is 0 Å². The van der Waals surface area contributed by atoms with Gasteiger partial charge < -0.3 is 0 Å². The third-order valence-corrected chi connectivity index (χ3v) is 4.83. The summed E-state index contributed by atoms with van der Waals surface area (Å²) >= 11 is 5.92. The van der Waals surface area contributed by atoms with Crippen LogP contribution in [0.2, 0.25) is 5.02 Å². The number of allylic oxidation sites excluding steroid dienone is 4. The number of rotatable bonds is 4. The van der Waals surface area contributed by atoms with Gasteiger partial charge in [-0.25, -0.2) is 0 Å². The van der Waals surface area contributed by atoms with Gasteiger partial charge in [-0.1, -0.05) is 48.4 Å². The summed E-state index contributed by atoms with van der Waals surface area (Å²) < 4.78 is 0. The topological polar surface area (TPSA) is 12.4 Å². The Bertz CT molecular complexity index is 592. The maximum atomic E-state index is 5.92. The lowest BCUT2D eigenvalue weighted by Gasteiger charge is -2.25. The Labute approximate surface area is 132 Å². The Balaban J connectivity index is 1.72. The van der Waals surface area contributed by atoms with E-state index in [1.165, 1.54) is 36.1 Å². The van der Waals surface area contributed by atoms with E-state index in [0.29, 0.717) is 5.92 Å². The number of nitrogens with zero attached hydrogens (tertiary/aromatic N) is 1. The molecule has 0 N–H and O–H groups in total. The van der Waals surface area contributed by atoms with Crippen LogP contribution < -0.4 is 0 Å². The number of benzene rings is 1. The lowest BCUT2D eigenvalue weighted by molar-refractivity contribution is 0.585. The van der Waals surface area contributed by atoms with Crippen molar-refractivity contribution in [1.29, 1.82) is 0 Å². The third kappa shape index (κ3) is 3.29. The van der Waals surface area contributed by atoms with Gasteiger partial charge in [0, 0.05) is 23.2 Å². The van der Waals surface area contributed by atoms with Crippen molar-refractivity contribution in [3.05, 3.63) is 58.1 Å². The maximum Gasteiger partial charge on any atom is 0.0451 e. The van der Waals surface area contributed by atoms with E-state index in [1.807, 2.05) is 12.1 Å². The van der Waals surface area contributed by atoms with Crippen LogP contribution in [0, 0.1) is 5.92 Å². The Kier molecular flexibility index (Phi) is 4.60. The zero-order valence-corrected chi connectivity index (χ0v) is 13.4. The SMILES string of the molecule is CCC1CCC2=C(C=CC2)C1=NCCc1ccc(Cl)cc1. The molecule has 0 heterocycles. The molecule has 0 fully saturated rings. The Morgan fingerprint density at radius 2 is 2.05 bits per heavy atom. The zero-order chi connectivity index (χ0) is 14.7. The fourth-order valence-electron chi connectivity index (χ4n) is 3.32. The quantitative estimate of drug-likeness (QED) is 0.706. The van der Waals surface area contributed by atoms with Crippen LogP contribution in [0.15, 0.2) is 52.6 Å². The molecule has 0 saturated heterocycles. The number of hydrogen-bond acceptors (Lipinski definition) is 1. The van der Waals surface area contributed by atoms with E-state index in [-0.39, 0.29) is 0 Å². The van der Waals surface area contributed by atoms with Crippen molar-refractivity contribution < 1.29 is 0 Å². The highest BCUT2D eigenvalue weighted by Gasteiger charge is 2.26. The second-order valence-electron chi connectivity index (χ2n) is 5.91. The summed E-state index contributed by atoms with van der Waals surface area (Å²) in [5.74, 6) is 0.650. The van der Waals surface area contributed by atoms with Crippen molar-refractivity contribution in [2.75, 3.05) is 6.54 Å². The van der Waals surface area contributed by atoms with Gasteiger partial charge in [-0.05, 0) is 55.4 Å². The van der Waals surface area contributed by atoms with Crippen LogP contribution in [0.1, 0.15) is 38.2 Å². The normalized spacial score (nSPS) is 23.0. The van der Waals surface area contributed by atoms with Crippen molar-refractivity contribution in [1.82, 2.24) is 0 Å². The van der Waals surface area contributed by atoms with E-state index in [1.54, 1.807) is 5.57 Å². The van der Waals surface area contributed by atoms with E-state index in [9.17, 15) is 0 Å². The van der Waals surface area contributed by atoms with Gasteiger partial charge in [0.1, 0.15) is 0 Å². The molecule has 0 spiro atoms. The molecule has 0 saturated carbocycles. The molecular formula is C19H22ClN. The summed E-state index contributed by atoms with van der Waals surface area (Å²) in [6.45, 7) is 3.15. The summed E-state index contributed by atoms with van der Waals surface area (Å²) in [7, 11) is 0. The van der Waals surface area contributed by atoms with E-state index in [2.05, 4.69) is 31.2 Å². The van der Waals surface area contributed by atoms with Gasteiger partial charge >= 0.3 is 0 Å². The molecule has 2 aliphatic carbocycles. The minimum atomic E-state index is 0.650. The first-order valence-corrected chi connectivity index (χ1v) is 8.33. The lowest BCUT2D eigenvalue weighted by atomic mass is 9.81. The van der Waals surface area contributed by atoms with Crippen molar-refractivity contribution in [3.8, 4) is 0 Å². The molecule has 0 aliphatic heterocycles. The average Bonchev–Trinajstić information content (AvgIpc) is 2.98. The first-order chi connectivity index (χ1) is 10.3. The first-order valence-electron chi connectivity index (χ1n) is 7.95. The Morgan fingerprint density at radius 1 is 1.24 bits per heavy atom. The molecule has 3 rings (SSSR count). The lowest BCUT2D eigenvalue weighted by Crippen LogP contribution is -2.21. The van der Waals surface area contributed by atoms with Crippen LogP contribution in [0.4, 0.5) is 0 Å². The predicted octanol–water partition coefficient (Wildman–Crippen LogP) is 5.40. The van der Waals surface area contributed by atoms with Crippen molar-refractivity contribution >= 4 is 17.3 Å². The molecule has 1 aromatic carbocycles. The third-order valence-electron chi connectivity index (χ3n) is 4.58. The van der Waals surface area contributed by atoms with E-state index in [4.69, 9.17) is 16.6 Å². The molecule has 1 atom stereocenters. The number of halogens is 1. The maximum absolute atomic E-state index is 5.92. The summed E-state index contributed by atoms with van der Waals surface area (Å²) in [6.07, 6.45) is 10.4. The fraction of sp³-hybridized carbons (Fsp3) is 0.421. The highest BCUT2D eigenvalue weighted by atomic mass is 35.5. The predicted molar refractivity (Wildman–Crippen MR) is 91.3 cm³/mol. The highest BCUT2D eigenvalue weighted by molar-refractivity contribution is 6.30. The molecule has 0 aromatic heterocycles. The standard InChI is InChI=1S/C19H22ClN/c1-2-15-8-9-16-4-3-5-18(16)19(15)21-13-12-14-6-10-17(20)11-7-14/h3,5-7,10-11,15H,2,4,8-9,12-13H2,1H3. The molecule has 0 bridgehead atoms. The van der Waals surface area contributed by atoms with Gasteiger partial charge in [0.15, 0.2) is 0 Å². The van der Waals surface area contributed by atoms with Crippen molar-refractivity contribution in [2.45, 2.75) is 39.0 Å². The van der Waals surface area contributed by atoms with Crippen molar-refractivity contribution in [3.63, 3.8) is 0 Å². The van der Waals surface area contributed by atoms with Crippen LogP contribution in [0.3, 0.4) is 0 Å². The van der Waals surface area contributed by atoms with Crippen LogP contribution >= 0.6 is 11.6 Å². The molecule has 1 nitrogen and oxygen atoms in total. The summed E-state index contributed by atoms with van der Waals surface area (Å²) in [5.41, 5.74) is 5.72. The van der Waals surface area contributed by atoms with Gasteiger partial charge in [-0.15, -0.1) is 0 Å². The molecule has 0 amide bonds. The summed E-state index contributed by atoms with van der Waals surface area (Å²) in [4.78, 5) is 4.97. The number of hydrogen-bond donors (Lipinski definition) is 0. The highest BCUT2D eigenvalue weighted by Crippen LogP contribution is 2.35. The van der Waals surface area contributed by atoms with E-state index >= 15 is 0 Å². The molecule has 1 aromatic rings. The second kappa shape index (κ2) is 6.62. The molecular weight excluding hydrogens is 278 g/mol. The van der Waals surface area contributed by atoms with E-state index in [0.717, 1.165) is 24.4 Å². The molecule has 0 radical (unpaired) electrons. The molecule has 21 heavy (non-hydrogen) atoms. The van der Waals surface area contributed by atoms with Crippen molar-refractivity contribution in [2.24, 2.45) is 10.9 Å². The minimum Gasteiger partial charge on any atom is -0.289 e.